The lowest BCUT2D eigenvalue weighted by molar-refractivity contribution is -0.120. The zero-order valence-electron chi connectivity index (χ0n) is 14.8. The van der Waals surface area contributed by atoms with E-state index in [0.717, 1.165) is 17.1 Å². The van der Waals surface area contributed by atoms with Gasteiger partial charge in [0.1, 0.15) is 11.5 Å². The monoisotopic (exact) mass is 337 g/mol. The van der Waals surface area contributed by atoms with E-state index in [1.807, 2.05) is 32.0 Å². The first-order valence-corrected chi connectivity index (χ1v) is 7.95. The number of methoxy groups -OCH3 is 2. The summed E-state index contributed by atoms with van der Waals surface area (Å²) in [5.74, 6) is 1.61. The Morgan fingerprint density at radius 2 is 1.83 bits per heavy atom. The second-order valence-corrected chi connectivity index (χ2v) is 5.74. The first-order valence-electron chi connectivity index (χ1n) is 7.95. The number of benzene rings is 1. The van der Waals surface area contributed by atoms with E-state index in [2.05, 4.69) is 16.0 Å². The first-order chi connectivity index (χ1) is 11.5. The second kappa shape index (κ2) is 10.4. The van der Waals surface area contributed by atoms with Gasteiger partial charge in [0.2, 0.25) is 5.91 Å². The van der Waals surface area contributed by atoms with Crippen LogP contribution in [0.15, 0.2) is 18.2 Å². The molecule has 0 aliphatic carbocycles. The molecule has 1 aromatic carbocycles. The maximum Gasteiger partial charge on any atom is 0.315 e. The SMILES string of the molecule is COc1ccc(OC)c(CCNC(=O)CNC(=O)NCC(C)C)c1. The molecular formula is C17H27N3O4. The number of hydrogen-bond donors (Lipinski definition) is 3. The van der Waals surface area contributed by atoms with Gasteiger partial charge >= 0.3 is 6.03 Å². The van der Waals surface area contributed by atoms with Gasteiger partial charge in [0, 0.05) is 13.1 Å². The minimum atomic E-state index is -0.340. The summed E-state index contributed by atoms with van der Waals surface area (Å²) in [5.41, 5.74) is 0.944. The van der Waals surface area contributed by atoms with E-state index in [0.29, 0.717) is 25.4 Å². The summed E-state index contributed by atoms with van der Waals surface area (Å²) >= 11 is 0. The van der Waals surface area contributed by atoms with Gasteiger partial charge in [0.05, 0.1) is 20.8 Å². The quantitative estimate of drug-likeness (QED) is 0.634. The Labute approximate surface area is 143 Å². The molecule has 0 aliphatic rings. The zero-order valence-corrected chi connectivity index (χ0v) is 14.8. The number of urea groups is 1. The number of nitrogens with one attached hydrogen (secondary N) is 3. The molecule has 24 heavy (non-hydrogen) atoms. The van der Waals surface area contributed by atoms with Crippen LogP contribution in [0.2, 0.25) is 0 Å². The van der Waals surface area contributed by atoms with Gasteiger partial charge in [-0.3, -0.25) is 4.79 Å². The molecular weight excluding hydrogens is 310 g/mol. The van der Waals surface area contributed by atoms with Crippen molar-refractivity contribution in [1.29, 1.82) is 0 Å². The van der Waals surface area contributed by atoms with Crippen molar-refractivity contribution >= 4 is 11.9 Å². The lowest BCUT2D eigenvalue weighted by atomic mass is 10.1. The summed E-state index contributed by atoms with van der Waals surface area (Å²) < 4.78 is 10.5. The Morgan fingerprint density at radius 3 is 2.46 bits per heavy atom. The van der Waals surface area contributed by atoms with Gasteiger partial charge in [-0.25, -0.2) is 4.79 Å². The third kappa shape index (κ3) is 7.21. The van der Waals surface area contributed by atoms with Crippen LogP contribution in [0.5, 0.6) is 11.5 Å². The van der Waals surface area contributed by atoms with Crippen LogP contribution in [-0.2, 0) is 11.2 Å². The van der Waals surface area contributed by atoms with E-state index < -0.39 is 0 Å². The molecule has 0 aromatic heterocycles. The number of carbonyl (C=O) groups is 2. The van der Waals surface area contributed by atoms with Crippen molar-refractivity contribution in [3.63, 3.8) is 0 Å². The predicted octanol–water partition coefficient (Wildman–Crippen LogP) is 1.32. The Kier molecular flexibility index (Phi) is 8.46. The molecule has 0 saturated carbocycles. The molecule has 3 N–H and O–H groups in total. The van der Waals surface area contributed by atoms with Gasteiger partial charge in [-0.1, -0.05) is 13.8 Å². The van der Waals surface area contributed by atoms with E-state index >= 15 is 0 Å². The lowest BCUT2D eigenvalue weighted by Crippen LogP contribution is -2.43. The molecule has 0 saturated heterocycles. The third-order valence-corrected chi connectivity index (χ3v) is 3.28. The van der Waals surface area contributed by atoms with Gasteiger partial charge in [-0.2, -0.15) is 0 Å². The van der Waals surface area contributed by atoms with Crippen LogP contribution in [0.25, 0.3) is 0 Å². The molecule has 7 nitrogen and oxygen atoms in total. The molecule has 7 heteroatoms. The highest BCUT2D eigenvalue weighted by Gasteiger charge is 2.08. The Hall–Kier alpha value is -2.44. The third-order valence-electron chi connectivity index (χ3n) is 3.28. The van der Waals surface area contributed by atoms with Gasteiger partial charge in [-0.15, -0.1) is 0 Å². The number of ether oxygens (including phenoxy) is 2. The molecule has 1 aromatic rings. The molecule has 1 rings (SSSR count). The Balaban J connectivity index is 2.34. The molecule has 134 valence electrons. The van der Waals surface area contributed by atoms with Crippen LogP contribution in [0, 0.1) is 5.92 Å². The molecule has 0 unspecified atom stereocenters. The van der Waals surface area contributed by atoms with Crippen LogP contribution >= 0.6 is 0 Å². The fraction of sp³-hybridized carbons (Fsp3) is 0.529. The molecule has 0 bridgehead atoms. The smallest absolute Gasteiger partial charge is 0.315 e. The molecule has 3 amide bonds. The highest BCUT2D eigenvalue weighted by atomic mass is 16.5. The van der Waals surface area contributed by atoms with Crippen molar-refractivity contribution in [3.05, 3.63) is 23.8 Å². The van der Waals surface area contributed by atoms with Crippen molar-refractivity contribution in [1.82, 2.24) is 16.0 Å². The van der Waals surface area contributed by atoms with Crippen molar-refractivity contribution in [2.24, 2.45) is 5.92 Å². The predicted molar refractivity (Wildman–Crippen MR) is 92.5 cm³/mol. The number of hydrogen-bond acceptors (Lipinski definition) is 4. The van der Waals surface area contributed by atoms with Gasteiger partial charge < -0.3 is 25.4 Å². The largest absolute Gasteiger partial charge is 0.497 e. The first kappa shape index (κ1) is 19.6. The average molecular weight is 337 g/mol. The lowest BCUT2D eigenvalue weighted by Gasteiger charge is -2.12. The minimum absolute atomic E-state index is 0.0564. The van der Waals surface area contributed by atoms with Crippen molar-refractivity contribution in [2.45, 2.75) is 20.3 Å². The minimum Gasteiger partial charge on any atom is -0.497 e. The fourth-order valence-corrected chi connectivity index (χ4v) is 2.00. The van der Waals surface area contributed by atoms with Crippen molar-refractivity contribution < 1.29 is 19.1 Å². The van der Waals surface area contributed by atoms with E-state index in [1.54, 1.807) is 14.2 Å². The second-order valence-electron chi connectivity index (χ2n) is 5.74. The number of amides is 3. The maximum absolute atomic E-state index is 11.7. The van der Waals surface area contributed by atoms with Crippen molar-refractivity contribution in [3.8, 4) is 11.5 Å². The van der Waals surface area contributed by atoms with Crippen LogP contribution in [0.3, 0.4) is 0 Å². The molecule has 0 atom stereocenters. The fourth-order valence-electron chi connectivity index (χ4n) is 2.00. The zero-order chi connectivity index (χ0) is 17.9. The van der Waals surface area contributed by atoms with E-state index in [4.69, 9.17) is 9.47 Å². The van der Waals surface area contributed by atoms with Crippen LogP contribution in [0.1, 0.15) is 19.4 Å². The highest BCUT2D eigenvalue weighted by molar-refractivity contribution is 5.83. The van der Waals surface area contributed by atoms with E-state index in [1.165, 1.54) is 0 Å². The van der Waals surface area contributed by atoms with Crippen LogP contribution in [-0.4, -0.2) is 45.8 Å². The number of carbonyl (C=O) groups excluding carboxylic acids is 2. The van der Waals surface area contributed by atoms with Gasteiger partial charge in [0.15, 0.2) is 0 Å². The molecule has 0 heterocycles. The highest BCUT2D eigenvalue weighted by Crippen LogP contribution is 2.23. The van der Waals surface area contributed by atoms with Crippen LogP contribution in [0.4, 0.5) is 4.79 Å². The summed E-state index contributed by atoms with van der Waals surface area (Å²) in [5, 5.41) is 7.97. The van der Waals surface area contributed by atoms with E-state index in [-0.39, 0.29) is 18.5 Å². The van der Waals surface area contributed by atoms with E-state index in [9.17, 15) is 9.59 Å². The topological polar surface area (TPSA) is 88.7 Å². The molecule has 0 aliphatic heterocycles. The van der Waals surface area contributed by atoms with Gasteiger partial charge in [-0.05, 0) is 36.1 Å². The summed E-state index contributed by atoms with van der Waals surface area (Å²) in [7, 11) is 3.20. The molecule has 0 radical (unpaired) electrons. The molecule has 0 fully saturated rings. The van der Waals surface area contributed by atoms with Crippen LogP contribution < -0.4 is 25.4 Å². The summed E-state index contributed by atoms with van der Waals surface area (Å²) in [4.78, 5) is 23.2. The molecule has 0 spiro atoms. The Bertz CT molecular complexity index is 547. The normalized spacial score (nSPS) is 10.2. The van der Waals surface area contributed by atoms with Gasteiger partial charge in [0.25, 0.3) is 0 Å². The Morgan fingerprint density at radius 1 is 1.08 bits per heavy atom. The van der Waals surface area contributed by atoms with Crippen molar-refractivity contribution in [2.75, 3.05) is 33.9 Å². The number of rotatable bonds is 9. The summed E-state index contributed by atoms with van der Waals surface area (Å²) in [6, 6.07) is 5.19. The summed E-state index contributed by atoms with van der Waals surface area (Å²) in [6.45, 7) is 4.96. The standard InChI is InChI=1S/C17H27N3O4/c1-12(2)10-19-17(22)20-11-16(21)18-8-7-13-9-14(23-3)5-6-15(13)24-4/h5-6,9,12H,7-8,10-11H2,1-4H3,(H,18,21)(H2,19,20,22). The average Bonchev–Trinajstić information content (AvgIpc) is 2.57. The summed E-state index contributed by atoms with van der Waals surface area (Å²) in [6.07, 6.45) is 0.603. The maximum atomic E-state index is 11.7.